The zero-order chi connectivity index (χ0) is 25.2. The number of quaternary nitrogens is 1. The maximum Gasteiger partial charge on any atom is 0.329 e. The van der Waals surface area contributed by atoms with Gasteiger partial charge in [0.25, 0.3) is 0 Å². The Labute approximate surface area is 216 Å². The molecule has 0 saturated carbocycles. The number of carbonyl (C=O) groups excluding carboxylic acids is 2. The van der Waals surface area contributed by atoms with Gasteiger partial charge >= 0.3 is 5.97 Å². The second kappa shape index (κ2) is 10.5. The number of piperidine rings is 3. The third-order valence-corrected chi connectivity index (χ3v) is 10.1. The fourth-order valence-electron chi connectivity index (χ4n) is 5.54. The molecule has 1 N–H and O–H groups in total. The number of thioether (sulfide) groups is 1. The second-order valence-corrected chi connectivity index (χ2v) is 12.7. The van der Waals surface area contributed by atoms with E-state index in [4.69, 9.17) is 4.74 Å². The molecule has 0 amide bonds. The average molecular weight is 528 g/mol. The SMILES string of the molecule is O=C(C[N+]12CCC(CC1)[C@@H](OC(=O)C(NS(=O)(=O)c1ccccc1)c1ccccc1)C2)C1CC=CS1. The van der Waals surface area contributed by atoms with Crippen molar-refractivity contribution in [2.45, 2.75) is 41.6 Å². The fraction of sp³-hybridized carbons (Fsp3) is 0.407. The largest absolute Gasteiger partial charge is 0.455 e. The summed E-state index contributed by atoms with van der Waals surface area (Å²) in [7, 11) is -3.95. The van der Waals surface area contributed by atoms with Crippen molar-refractivity contribution >= 4 is 33.5 Å². The lowest BCUT2D eigenvalue weighted by Gasteiger charge is -2.51. The normalized spacial score (nSPS) is 28.1. The Balaban J connectivity index is 1.32. The molecular weight excluding hydrogens is 496 g/mol. The van der Waals surface area contributed by atoms with Crippen molar-refractivity contribution in [2.75, 3.05) is 26.2 Å². The number of allylic oxidation sites excluding steroid dienone is 1. The molecule has 4 heterocycles. The summed E-state index contributed by atoms with van der Waals surface area (Å²) >= 11 is 1.59. The standard InChI is InChI=1S/C27H31N2O5S2/c30-23(25-12-7-17-35-25)18-29-15-13-20(14-16-29)24(19-29)34-27(31)26(21-8-3-1-4-9-21)28-36(32,33)22-10-5-2-6-11-22/h1-11,17,20,24-26,28H,12-16,18-19H2/q+1/t20?,24-,25?,26?,29?/m0/s1. The molecule has 2 aromatic carbocycles. The van der Waals surface area contributed by atoms with Gasteiger partial charge in [-0.2, -0.15) is 4.72 Å². The number of sulfonamides is 1. The zero-order valence-corrected chi connectivity index (χ0v) is 21.6. The third kappa shape index (κ3) is 5.44. The van der Waals surface area contributed by atoms with Gasteiger partial charge < -0.3 is 9.22 Å². The van der Waals surface area contributed by atoms with E-state index in [1.165, 1.54) is 12.1 Å². The van der Waals surface area contributed by atoms with E-state index < -0.39 is 22.0 Å². The van der Waals surface area contributed by atoms with Crippen LogP contribution in [0.3, 0.4) is 0 Å². The summed E-state index contributed by atoms with van der Waals surface area (Å²) in [5.41, 5.74) is 0.521. The quantitative estimate of drug-likeness (QED) is 0.397. The van der Waals surface area contributed by atoms with E-state index in [0.29, 0.717) is 23.1 Å². The lowest BCUT2D eigenvalue weighted by Crippen LogP contribution is -2.66. The number of Topliss-reactive ketones (excluding diaryl/α,β-unsaturated/α-hetero) is 1. The average Bonchev–Trinajstić information content (AvgIpc) is 3.44. The van der Waals surface area contributed by atoms with Gasteiger partial charge in [0, 0.05) is 18.8 Å². The number of ketones is 1. The lowest BCUT2D eigenvalue weighted by molar-refractivity contribution is -0.939. The van der Waals surface area contributed by atoms with Crippen molar-refractivity contribution in [2.24, 2.45) is 5.92 Å². The first-order chi connectivity index (χ1) is 17.4. The summed E-state index contributed by atoms with van der Waals surface area (Å²) in [6, 6.07) is 15.6. The molecule has 9 heteroatoms. The molecule has 0 spiro atoms. The van der Waals surface area contributed by atoms with Crippen LogP contribution in [0.2, 0.25) is 0 Å². The highest BCUT2D eigenvalue weighted by atomic mass is 32.2. The summed E-state index contributed by atoms with van der Waals surface area (Å²) < 4.78 is 35.4. The number of nitrogens with one attached hydrogen (secondary N) is 1. The van der Waals surface area contributed by atoms with E-state index in [1.807, 2.05) is 17.6 Å². The molecule has 190 valence electrons. The highest BCUT2D eigenvalue weighted by Gasteiger charge is 2.49. The molecular formula is C27H31N2O5S2+. The molecule has 2 aromatic rings. The van der Waals surface area contributed by atoms with Crippen molar-refractivity contribution in [3.05, 3.63) is 77.7 Å². The van der Waals surface area contributed by atoms with Gasteiger partial charge in [0.2, 0.25) is 10.0 Å². The first kappa shape index (κ1) is 25.2. The summed E-state index contributed by atoms with van der Waals surface area (Å²) in [4.78, 5) is 26.5. The van der Waals surface area contributed by atoms with E-state index in [1.54, 1.807) is 54.2 Å². The molecule has 3 saturated heterocycles. The maximum absolute atomic E-state index is 13.5. The van der Waals surface area contributed by atoms with E-state index in [-0.39, 0.29) is 28.0 Å². The molecule has 0 radical (unpaired) electrons. The predicted molar refractivity (Wildman–Crippen MR) is 138 cm³/mol. The van der Waals surface area contributed by atoms with Crippen LogP contribution in [-0.2, 0) is 24.3 Å². The summed E-state index contributed by atoms with van der Waals surface area (Å²) in [5, 5.41) is 1.99. The second-order valence-electron chi connectivity index (χ2n) is 9.92. The van der Waals surface area contributed by atoms with Crippen LogP contribution in [0.5, 0.6) is 0 Å². The van der Waals surface area contributed by atoms with Crippen molar-refractivity contribution < 1.29 is 27.2 Å². The zero-order valence-electron chi connectivity index (χ0n) is 20.0. The molecule has 4 aliphatic rings. The van der Waals surface area contributed by atoms with Gasteiger partial charge in [0.1, 0.15) is 19.1 Å². The number of rotatable bonds is 9. The van der Waals surface area contributed by atoms with Crippen LogP contribution in [0, 0.1) is 5.92 Å². The highest BCUT2D eigenvalue weighted by molar-refractivity contribution is 8.03. The Morgan fingerprint density at radius 1 is 1.03 bits per heavy atom. The van der Waals surface area contributed by atoms with Crippen molar-refractivity contribution in [1.82, 2.24) is 4.72 Å². The van der Waals surface area contributed by atoms with E-state index >= 15 is 0 Å². The molecule has 2 bridgehead atoms. The third-order valence-electron chi connectivity index (χ3n) is 7.54. The number of hydrogen-bond donors (Lipinski definition) is 1. The van der Waals surface area contributed by atoms with Crippen LogP contribution >= 0.6 is 11.8 Å². The molecule has 4 aliphatic heterocycles. The smallest absolute Gasteiger partial charge is 0.329 e. The van der Waals surface area contributed by atoms with Crippen LogP contribution < -0.4 is 4.72 Å². The van der Waals surface area contributed by atoms with Gasteiger partial charge in [-0.25, -0.2) is 13.2 Å². The minimum Gasteiger partial charge on any atom is -0.455 e. The van der Waals surface area contributed by atoms with E-state index in [0.717, 1.165) is 32.4 Å². The number of ether oxygens (including phenoxy) is 1. The number of carbonyl (C=O) groups is 2. The van der Waals surface area contributed by atoms with Gasteiger partial charge in [-0.15, -0.1) is 11.8 Å². The van der Waals surface area contributed by atoms with Crippen LogP contribution in [0.25, 0.3) is 0 Å². The Kier molecular flexibility index (Phi) is 7.35. The molecule has 7 nitrogen and oxygen atoms in total. The number of hydrogen-bond acceptors (Lipinski definition) is 6. The molecule has 36 heavy (non-hydrogen) atoms. The fourth-order valence-corrected chi connectivity index (χ4v) is 7.59. The molecule has 0 aromatic heterocycles. The summed E-state index contributed by atoms with van der Waals surface area (Å²) in [5.74, 6) is -0.124. The van der Waals surface area contributed by atoms with Gasteiger partial charge in [-0.05, 0) is 29.5 Å². The predicted octanol–water partition coefficient (Wildman–Crippen LogP) is 3.45. The van der Waals surface area contributed by atoms with Gasteiger partial charge in [-0.1, -0.05) is 54.6 Å². The Bertz CT molecular complexity index is 1220. The van der Waals surface area contributed by atoms with Gasteiger partial charge in [0.15, 0.2) is 11.9 Å². The summed E-state index contributed by atoms with van der Waals surface area (Å²) in [6.07, 6.45) is 4.28. The Morgan fingerprint density at radius 3 is 2.33 bits per heavy atom. The minimum absolute atomic E-state index is 0.00648. The molecule has 6 rings (SSSR count). The lowest BCUT2D eigenvalue weighted by atomic mass is 9.83. The Hall–Kier alpha value is -2.46. The van der Waals surface area contributed by atoms with Crippen molar-refractivity contribution in [1.29, 1.82) is 0 Å². The molecule has 0 aliphatic carbocycles. The number of benzene rings is 2. The van der Waals surface area contributed by atoms with Gasteiger partial charge in [0.05, 0.1) is 23.2 Å². The maximum atomic E-state index is 13.5. The topological polar surface area (TPSA) is 89.5 Å². The van der Waals surface area contributed by atoms with Crippen molar-refractivity contribution in [3.8, 4) is 0 Å². The number of nitrogens with zero attached hydrogens (tertiary/aromatic N) is 1. The van der Waals surface area contributed by atoms with Crippen molar-refractivity contribution in [3.63, 3.8) is 0 Å². The first-order valence-corrected chi connectivity index (χ1v) is 14.8. The van der Waals surface area contributed by atoms with E-state index in [9.17, 15) is 18.0 Å². The Morgan fingerprint density at radius 2 is 1.69 bits per heavy atom. The molecule has 3 fully saturated rings. The highest BCUT2D eigenvalue weighted by Crippen LogP contribution is 2.37. The first-order valence-electron chi connectivity index (χ1n) is 12.4. The minimum atomic E-state index is -3.95. The molecule has 2 unspecified atom stereocenters. The van der Waals surface area contributed by atoms with Crippen LogP contribution in [-0.4, -0.2) is 62.2 Å². The van der Waals surface area contributed by atoms with Crippen LogP contribution in [0.4, 0.5) is 0 Å². The number of esters is 1. The van der Waals surface area contributed by atoms with E-state index in [2.05, 4.69) is 4.72 Å². The monoisotopic (exact) mass is 527 g/mol. The van der Waals surface area contributed by atoms with Crippen LogP contribution in [0.15, 0.2) is 77.0 Å². The van der Waals surface area contributed by atoms with Gasteiger partial charge in [-0.3, -0.25) is 4.79 Å². The van der Waals surface area contributed by atoms with Crippen LogP contribution in [0.1, 0.15) is 30.9 Å². The molecule has 3 atom stereocenters. The summed E-state index contributed by atoms with van der Waals surface area (Å²) in [6.45, 7) is 2.89. The number of fused-ring (bicyclic) bond motifs is 3.